The second-order valence-corrected chi connectivity index (χ2v) is 14.7. The lowest BCUT2D eigenvalue weighted by molar-refractivity contribution is -0.138. The molecule has 342 valence electrons. The van der Waals surface area contributed by atoms with Gasteiger partial charge in [-0.3, -0.25) is 43.3 Å². The van der Waals surface area contributed by atoms with Gasteiger partial charge in [-0.25, -0.2) is 0 Å². The molecule has 0 saturated heterocycles. The summed E-state index contributed by atoms with van der Waals surface area (Å²) in [7, 11) is 0. The standard InChI is InChI=1S/C38H64N12O11/c1-21(2)16-26(32(56)44-18-30(53)54)47-34(58)25(13-9-15-43-38(41)42)46-36(60)28(19-51)50-37(61)29(20-52)49-35(59)27(17-23-10-5-4-6-11-23)48-33(57)24(12-7-8-14-39)45-31(55)22(3)40/h4-6,10-11,21-22,24-29,51-52H,7-9,12-20,39-40H2,1-3H3,(H,44,56)(H,45,55)(H,46,60)(H,47,58)(H,48,57)(H,49,59)(H,50,61)(H,53,54)(H4,41,42,43). The molecule has 18 N–H and O–H groups in total. The number of guanidine groups is 1. The van der Waals surface area contributed by atoms with E-state index < -0.39 is 109 Å². The van der Waals surface area contributed by atoms with E-state index in [9.17, 15) is 48.6 Å². The van der Waals surface area contributed by atoms with Crippen molar-refractivity contribution in [2.45, 2.75) is 108 Å². The van der Waals surface area contributed by atoms with Gasteiger partial charge in [-0.2, -0.15) is 0 Å². The highest BCUT2D eigenvalue weighted by atomic mass is 16.4. The van der Waals surface area contributed by atoms with Crippen LogP contribution < -0.4 is 60.2 Å². The molecule has 1 aromatic carbocycles. The van der Waals surface area contributed by atoms with Crippen LogP contribution in [-0.2, 0) is 44.8 Å². The van der Waals surface area contributed by atoms with Crippen LogP contribution in [0.5, 0.6) is 0 Å². The maximum atomic E-state index is 13.7. The quantitative estimate of drug-likeness (QED) is 0.0204. The van der Waals surface area contributed by atoms with Crippen LogP contribution >= 0.6 is 0 Å². The van der Waals surface area contributed by atoms with Crippen molar-refractivity contribution in [1.82, 2.24) is 37.2 Å². The molecule has 0 aliphatic carbocycles. The lowest BCUT2D eigenvalue weighted by Gasteiger charge is -2.27. The number of carbonyl (C=O) groups excluding carboxylic acids is 7. The first kappa shape index (κ1) is 53.1. The van der Waals surface area contributed by atoms with Crippen molar-refractivity contribution in [2.75, 3.05) is 32.8 Å². The van der Waals surface area contributed by atoms with Gasteiger partial charge in [-0.05, 0) is 63.5 Å². The number of amides is 7. The number of aliphatic hydroxyl groups is 2. The van der Waals surface area contributed by atoms with Gasteiger partial charge in [0.05, 0.1) is 19.3 Å². The lowest BCUT2D eigenvalue weighted by Crippen LogP contribution is -2.61. The van der Waals surface area contributed by atoms with Crippen molar-refractivity contribution in [2.24, 2.45) is 33.8 Å². The Kier molecular flexibility index (Phi) is 24.8. The highest BCUT2D eigenvalue weighted by Crippen LogP contribution is 2.09. The maximum Gasteiger partial charge on any atom is 0.322 e. The smallest absolute Gasteiger partial charge is 0.322 e. The number of unbranched alkanes of at least 4 members (excludes halogenated alkanes) is 1. The van der Waals surface area contributed by atoms with Gasteiger partial charge in [0.15, 0.2) is 5.96 Å². The Balaban J connectivity index is 3.27. The molecule has 7 amide bonds. The SMILES string of the molecule is CC(C)CC(NC(=O)C(CCCN=C(N)N)NC(=O)C(CO)NC(=O)C(CO)NC(=O)C(Cc1ccccc1)NC(=O)C(CCCCN)NC(=O)C(C)N)C(=O)NCC(=O)O. The molecule has 0 heterocycles. The average Bonchev–Trinajstić information content (AvgIpc) is 3.20. The number of nitrogens with two attached hydrogens (primary N) is 4. The molecule has 7 unspecified atom stereocenters. The number of aliphatic hydroxyl groups excluding tert-OH is 2. The summed E-state index contributed by atoms with van der Waals surface area (Å²) in [5.41, 5.74) is 22.7. The summed E-state index contributed by atoms with van der Waals surface area (Å²) in [4.78, 5) is 108. The molecule has 1 aromatic rings. The predicted molar refractivity (Wildman–Crippen MR) is 222 cm³/mol. The molecule has 0 saturated carbocycles. The Bertz CT molecular complexity index is 1630. The van der Waals surface area contributed by atoms with Gasteiger partial charge in [-0.1, -0.05) is 44.2 Å². The first-order valence-corrected chi connectivity index (χ1v) is 19.9. The molecule has 0 aliphatic heterocycles. The second-order valence-electron chi connectivity index (χ2n) is 14.7. The number of carboxylic acid groups (broad SMARTS) is 1. The van der Waals surface area contributed by atoms with Crippen LogP contribution in [0.3, 0.4) is 0 Å². The zero-order chi connectivity index (χ0) is 46.1. The number of nitrogens with one attached hydrogen (secondary N) is 7. The Labute approximate surface area is 354 Å². The Morgan fingerprint density at radius 2 is 1.08 bits per heavy atom. The number of benzene rings is 1. The number of nitrogens with zero attached hydrogens (tertiary/aromatic N) is 1. The molecule has 0 bridgehead atoms. The number of aliphatic carboxylic acids is 1. The van der Waals surface area contributed by atoms with Crippen molar-refractivity contribution >= 4 is 53.3 Å². The summed E-state index contributed by atoms with van der Waals surface area (Å²) >= 11 is 0. The van der Waals surface area contributed by atoms with Crippen molar-refractivity contribution in [3.05, 3.63) is 35.9 Å². The van der Waals surface area contributed by atoms with Crippen LogP contribution in [0, 0.1) is 5.92 Å². The number of hydrogen-bond donors (Lipinski definition) is 14. The average molecular weight is 865 g/mol. The van der Waals surface area contributed by atoms with Crippen molar-refractivity contribution < 1.29 is 53.7 Å². The summed E-state index contributed by atoms with van der Waals surface area (Å²) in [6, 6.07) is -0.886. The molecule has 0 aliphatic rings. The van der Waals surface area contributed by atoms with Crippen LogP contribution in [0.2, 0.25) is 0 Å². The third-order valence-corrected chi connectivity index (χ3v) is 8.87. The first-order chi connectivity index (χ1) is 28.8. The number of hydrogen-bond acceptors (Lipinski definition) is 13. The predicted octanol–water partition coefficient (Wildman–Crippen LogP) is -5.10. The normalized spacial score (nSPS) is 14.4. The van der Waals surface area contributed by atoms with E-state index in [1.54, 1.807) is 44.2 Å². The van der Waals surface area contributed by atoms with E-state index in [0.29, 0.717) is 24.9 Å². The minimum absolute atomic E-state index is 0.0384. The highest BCUT2D eigenvalue weighted by Gasteiger charge is 2.33. The molecule has 0 aromatic heterocycles. The van der Waals surface area contributed by atoms with E-state index in [0.717, 1.165) is 0 Å². The fourth-order valence-electron chi connectivity index (χ4n) is 5.63. The molecule has 61 heavy (non-hydrogen) atoms. The van der Waals surface area contributed by atoms with E-state index in [1.807, 2.05) is 0 Å². The molecular formula is C38H64N12O11. The maximum absolute atomic E-state index is 13.7. The van der Waals surface area contributed by atoms with Crippen LogP contribution in [0.1, 0.15) is 64.9 Å². The molecule has 1 rings (SSSR count). The van der Waals surface area contributed by atoms with E-state index in [1.165, 1.54) is 6.92 Å². The molecule has 0 spiro atoms. The van der Waals surface area contributed by atoms with E-state index in [-0.39, 0.29) is 50.5 Å². The van der Waals surface area contributed by atoms with Gasteiger partial charge >= 0.3 is 5.97 Å². The summed E-state index contributed by atoms with van der Waals surface area (Å²) in [6.07, 6.45) is 1.24. The van der Waals surface area contributed by atoms with Gasteiger partial charge in [0.2, 0.25) is 41.4 Å². The van der Waals surface area contributed by atoms with Crippen molar-refractivity contribution in [3.8, 4) is 0 Å². The molecule has 0 radical (unpaired) electrons. The zero-order valence-electron chi connectivity index (χ0n) is 34.9. The summed E-state index contributed by atoms with van der Waals surface area (Å²) in [6.45, 7) is 2.64. The first-order valence-electron chi connectivity index (χ1n) is 19.9. The Hall–Kier alpha value is -5.91. The molecule has 0 fully saturated rings. The number of rotatable bonds is 29. The van der Waals surface area contributed by atoms with Gasteiger partial charge in [0.1, 0.15) is 42.8 Å². The summed E-state index contributed by atoms with van der Waals surface area (Å²) < 4.78 is 0. The highest BCUT2D eigenvalue weighted by molar-refractivity contribution is 5.97. The van der Waals surface area contributed by atoms with E-state index in [4.69, 9.17) is 28.0 Å². The number of carbonyl (C=O) groups is 8. The summed E-state index contributed by atoms with van der Waals surface area (Å²) in [5, 5.41) is 46.2. The lowest BCUT2D eigenvalue weighted by atomic mass is 10.0. The van der Waals surface area contributed by atoms with Gasteiger partial charge in [-0.15, -0.1) is 0 Å². The van der Waals surface area contributed by atoms with Crippen LogP contribution in [0.25, 0.3) is 0 Å². The zero-order valence-corrected chi connectivity index (χ0v) is 34.9. The minimum Gasteiger partial charge on any atom is -0.480 e. The minimum atomic E-state index is -1.74. The van der Waals surface area contributed by atoms with Crippen LogP contribution in [0.4, 0.5) is 0 Å². The number of carboxylic acids is 1. The van der Waals surface area contributed by atoms with E-state index in [2.05, 4.69) is 42.2 Å². The third kappa shape index (κ3) is 21.3. The Morgan fingerprint density at radius 3 is 1.56 bits per heavy atom. The summed E-state index contributed by atoms with van der Waals surface area (Å²) in [5.74, 6) is -7.76. The fourth-order valence-corrected chi connectivity index (χ4v) is 5.63. The van der Waals surface area contributed by atoms with Crippen molar-refractivity contribution in [3.63, 3.8) is 0 Å². The monoisotopic (exact) mass is 864 g/mol. The van der Waals surface area contributed by atoms with Crippen LogP contribution in [0.15, 0.2) is 35.3 Å². The van der Waals surface area contributed by atoms with Gasteiger partial charge in [0, 0.05) is 13.0 Å². The molecule has 23 heteroatoms. The van der Waals surface area contributed by atoms with Crippen molar-refractivity contribution in [1.29, 1.82) is 0 Å². The Morgan fingerprint density at radius 1 is 0.623 bits per heavy atom. The van der Waals surface area contributed by atoms with Gasteiger partial charge < -0.3 is 75.5 Å². The molecular weight excluding hydrogens is 800 g/mol. The van der Waals surface area contributed by atoms with Crippen LogP contribution in [-0.4, -0.2) is 144 Å². The van der Waals surface area contributed by atoms with E-state index >= 15 is 0 Å². The van der Waals surface area contributed by atoms with Gasteiger partial charge in [0.25, 0.3) is 0 Å². The molecule has 7 atom stereocenters. The number of aliphatic imine (C=N–C) groups is 1. The third-order valence-electron chi connectivity index (χ3n) is 8.87. The fraction of sp³-hybridized carbons (Fsp3) is 0.605. The largest absolute Gasteiger partial charge is 0.480 e. The molecule has 23 nitrogen and oxygen atoms in total. The second kappa shape index (κ2) is 28.5. The topological polar surface area (TPSA) is 398 Å².